The Bertz CT molecular complexity index is 784. The Kier molecular flexibility index (Phi) is 4.61. The number of hydrogen-bond acceptors (Lipinski definition) is 1. The second kappa shape index (κ2) is 7.32. The monoisotopic (exact) mass is 463 g/mol. The molecule has 9 fully saturated rings. The predicted molar refractivity (Wildman–Crippen MR) is 142 cm³/mol. The molecule has 0 aromatic heterocycles. The molecule has 33 heavy (non-hydrogen) atoms. The maximum atomic E-state index is 3.35. The molecular formula is C31H46NP. The second-order valence-electron chi connectivity index (χ2n) is 14.5. The van der Waals surface area contributed by atoms with Crippen molar-refractivity contribution in [1.82, 2.24) is 4.67 Å². The summed E-state index contributed by atoms with van der Waals surface area (Å²) < 4.78 is 3.35. The van der Waals surface area contributed by atoms with E-state index in [0.717, 1.165) is 35.5 Å². The number of piperidine rings is 1. The standard InChI is InChI=1S/C31H46NP/c1-3-7-29(8-4-1)33(32-9-5-2-6-10-32,30-17-23-11-24(18-30)13-25(12-23)19-30)31-20-26-14-27(21-31)16-28(15-26)22-31/h1,3-4,7-8,23-28,33H,2,5-6,9-22H2. The van der Waals surface area contributed by atoms with Crippen molar-refractivity contribution in [1.29, 1.82) is 0 Å². The molecule has 10 rings (SSSR count). The maximum absolute atomic E-state index is 3.35. The molecule has 2 heteroatoms. The Morgan fingerprint density at radius 1 is 0.545 bits per heavy atom. The molecule has 1 aromatic rings. The zero-order valence-corrected chi connectivity index (χ0v) is 21.8. The van der Waals surface area contributed by atoms with Gasteiger partial charge in [0.1, 0.15) is 0 Å². The van der Waals surface area contributed by atoms with Crippen LogP contribution in [0, 0.1) is 35.5 Å². The first-order chi connectivity index (χ1) is 16.2. The van der Waals surface area contributed by atoms with Gasteiger partial charge in [0, 0.05) is 0 Å². The van der Waals surface area contributed by atoms with Crippen LogP contribution in [0.2, 0.25) is 0 Å². The van der Waals surface area contributed by atoms with Crippen molar-refractivity contribution in [3.63, 3.8) is 0 Å². The Balaban J connectivity index is 1.39. The summed E-state index contributed by atoms with van der Waals surface area (Å²) in [6, 6.07) is 12.6. The second-order valence-corrected chi connectivity index (χ2v) is 19.3. The molecule has 0 radical (unpaired) electrons. The molecule has 0 amide bonds. The van der Waals surface area contributed by atoms with Gasteiger partial charge in [-0.05, 0) is 0 Å². The van der Waals surface area contributed by atoms with Crippen molar-refractivity contribution in [2.45, 2.75) is 107 Å². The molecule has 1 heterocycles. The third-order valence-electron chi connectivity index (χ3n) is 12.6. The third-order valence-corrected chi connectivity index (χ3v) is 19.5. The van der Waals surface area contributed by atoms with Gasteiger partial charge in [-0.1, -0.05) is 0 Å². The molecule has 0 N–H and O–H groups in total. The van der Waals surface area contributed by atoms with Gasteiger partial charge in [-0.2, -0.15) is 0 Å². The van der Waals surface area contributed by atoms with Gasteiger partial charge in [0.05, 0.1) is 0 Å². The summed E-state index contributed by atoms with van der Waals surface area (Å²) >= 11 is 0. The molecule has 0 atom stereocenters. The molecule has 8 saturated carbocycles. The van der Waals surface area contributed by atoms with Crippen LogP contribution in [0.1, 0.15) is 96.3 Å². The van der Waals surface area contributed by atoms with Gasteiger partial charge in [0.2, 0.25) is 0 Å². The van der Waals surface area contributed by atoms with Crippen LogP contribution in [-0.4, -0.2) is 28.1 Å². The summed E-state index contributed by atoms with van der Waals surface area (Å²) in [5, 5.41) is 3.29. The average Bonchev–Trinajstić information content (AvgIpc) is 2.79. The van der Waals surface area contributed by atoms with E-state index in [9.17, 15) is 0 Å². The normalized spacial score (nSPS) is 49.0. The number of benzene rings is 1. The molecule has 0 unspecified atom stereocenters. The molecule has 8 aliphatic carbocycles. The van der Waals surface area contributed by atoms with Gasteiger partial charge in [-0.15, -0.1) is 0 Å². The van der Waals surface area contributed by atoms with E-state index in [4.69, 9.17) is 0 Å². The van der Waals surface area contributed by atoms with E-state index in [1.54, 1.807) is 77.0 Å². The van der Waals surface area contributed by atoms with Crippen molar-refractivity contribution >= 4 is 12.7 Å². The summed E-state index contributed by atoms with van der Waals surface area (Å²) in [6.07, 6.45) is 23.7. The van der Waals surface area contributed by atoms with Crippen molar-refractivity contribution < 1.29 is 0 Å². The van der Waals surface area contributed by atoms with Crippen molar-refractivity contribution in [3.05, 3.63) is 30.3 Å². The molecule has 180 valence electrons. The molecule has 1 aromatic carbocycles. The van der Waals surface area contributed by atoms with E-state index in [0.29, 0.717) is 10.3 Å². The molecule has 1 saturated heterocycles. The van der Waals surface area contributed by atoms with Crippen LogP contribution in [0.3, 0.4) is 0 Å². The van der Waals surface area contributed by atoms with Gasteiger partial charge >= 0.3 is 203 Å². The molecular weight excluding hydrogens is 417 g/mol. The van der Waals surface area contributed by atoms with Gasteiger partial charge in [-0.25, -0.2) is 0 Å². The average molecular weight is 464 g/mol. The van der Waals surface area contributed by atoms with Crippen LogP contribution in [0.25, 0.3) is 0 Å². The molecule has 9 aliphatic rings. The summed E-state index contributed by atoms with van der Waals surface area (Å²) in [4.78, 5) is 0. The van der Waals surface area contributed by atoms with Gasteiger partial charge < -0.3 is 0 Å². The summed E-state index contributed by atoms with van der Waals surface area (Å²) in [5.74, 6) is 6.45. The van der Waals surface area contributed by atoms with E-state index in [2.05, 4.69) is 35.0 Å². The zero-order chi connectivity index (χ0) is 21.7. The summed E-state index contributed by atoms with van der Waals surface area (Å²) in [6.45, 7) is 2.87. The van der Waals surface area contributed by atoms with Gasteiger partial charge in [0.25, 0.3) is 0 Å². The summed E-state index contributed by atoms with van der Waals surface area (Å²) in [7, 11) is -1.94. The topological polar surface area (TPSA) is 3.24 Å². The summed E-state index contributed by atoms with van der Waals surface area (Å²) in [5.41, 5.74) is 0. The quantitative estimate of drug-likeness (QED) is 0.421. The SMILES string of the molecule is c1ccc([PH](N2CCCCC2)(C23CC4CC(CC(C4)C2)C3)C23CC4CC(CC(C4)C2)C3)cc1. The van der Waals surface area contributed by atoms with E-state index in [1.807, 2.05) is 5.30 Å². The Hall–Kier alpha value is -0.390. The fourth-order valence-electron chi connectivity index (χ4n) is 13.0. The number of rotatable bonds is 4. The van der Waals surface area contributed by atoms with Crippen molar-refractivity contribution in [2.24, 2.45) is 35.5 Å². The molecule has 1 nitrogen and oxygen atoms in total. The van der Waals surface area contributed by atoms with Crippen LogP contribution >= 0.6 is 7.41 Å². The number of hydrogen-bond donors (Lipinski definition) is 0. The molecule has 8 bridgehead atoms. The minimum absolute atomic E-state index is 0.687. The third kappa shape index (κ3) is 2.79. The Morgan fingerprint density at radius 3 is 1.33 bits per heavy atom. The van der Waals surface area contributed by atoms with E-state index in [1.165, 1.54) is 32.4 Å². The van der Waals surface area contributed by atoms with Crippen LogP contribution in [0.5, 0.6) is 0 Å². The van der Waals surface area contributed by atoms with Crippen LogP contribution in [0.4, 0.5) is 0 Å². The van der Waals surface area contributed by atoms with Crippen molar-refractivity contribution in [3.8, 4) is 0 Å². The van der Waals surface area contributed by atoms with E-state index in [-0.39, 0.29) is 0 Å². The van der Waals surface area contributed by atoms with Crippen LogP contribution < -0.4 is 5.30 Å². The van der Waals surface area contributed by atoms with E-state index < -0.39 is 7.41 Å². The zero-order valence-electron chi connectivity index (χ0n) is 20.8. The van der Waals surface area contributed by atoms with Crippen LogP contribution in [-0.2, 0) is 0 Å². The Labute approximate surface area is 202 Å². The minimum atomic E-state index is -1.94. The first kappa shape index (κ1) is 20.8. The van der Waals surface area contributed by atoms with Gasteiger partial charge in [0.15, 0.2) is 0 Å². The van der Waals surface area contributed by atoms with Crippen molar-refractivity contribution in [2.75, 3.05) is 13.1 Å². The first-order valence-corrected chi connectivity index (χ1v) is 16.9. The van der Waals surface area contributed by atoms with Crippen LogP contribution in [0.15, 0.2) is 30.3 Å². The first-order valence-electron chi connectivity index (χ1n) is 15.0. The van der Waals surface area contributed by atoms with Gasteiger partial charge in [-0.3, -0.25) is 0 Å². The predicted octanol–water partition coefficient (Wildman–Crippen LogP) is 7.40. The number of nitrogens with zero attached hydrogens (tertiary/aromatic N) is 1. The Morgan fingerprint density at radius 2 is 0.939 bits per heavy atom. The van der Waals surface area contributed by atoms with E-state index >= 15 is 0 Å². The fraction of sp³-hybridized carbons (Fsp3) is 0.806. The molecule has 0 spiro atoms. The molecule has 1 aliphatic heterocycles. The fourth-order valence-corrected chi connectivity index (χ4v) is 22.3.